The number of carbonyl (C=O) groups is 1. The van der Waals surface area contributed by atoms with Crippen LogP contribution in [-0.4, -0.2) is 52.1 Å². The summed E-state index contributed by atoms with van der Waals surface area (Å²) in [5.74, 6) is 1.71. The molecule has 1 saturated heterocycles. The van der Waals surface area contributed by atoms with Crippen molar-refractivity contribution in [2.24, 2.45) is 5.92 Å². The second kappa shape index (κ2) is 10.5. The predicted octanol–water partition coefficient (Wildman–Crippen LogP) is 6.31. The molecule has 1 aliphatic carbocycles. The number of nitrogens with zero attached hydrogens (tertiary/aromatic N) is 3. The zero-order valence-electron chi connectivity index (χ0n) is 21.4. The van der Waals surface area contributed by atoms with E-state index < -0.39 is 0 Å². The van der Waals surface area contributed by atoms with Crippen LogP contribution in [0.1, 0.15) is 67.9 Å². The van der Waals surface area contributed by atoms with E-state index >= 15 is 0 Å². The highest BCUT2D eigenvalue weighted by Crippen LogP contribution is 2.42. The van der Waals surface area contributed by atoms with Crippen LogP contribution in [0.5, 0.6) is 5.75 Å². The summed E-state index contributed by atoms with van der Waals surface area (Å²) in [5, 5.41) is 1.04. The highest BCUT2D eigenvalue weighted by Gasteiger charge is 2.37. The minimum Gasteiger partial charge on any atom is -0.489 e. The van der Waals surface area contributed by atoms with Gasteiger partial charge in [-0.15, -0.1) is 12.4 Å². The molecule has 1 amide bonds. The number of aromatic nitrogens is 1. The Hall–Kier alpha value is -2.50. The molecule has 6 rings (SSSR count). The number of amides is 1. The van der Waals surface area contributed by atoms with Gasteiger partial charge in [0.05, 0.1) is 17.1 Å². The summed E-state index contributed by atoms with van der Waals surface area (Å²) in [5.41, 5.74) is 3.28. The molecule has 3 atom stereocenters. The first-order valence-electron chi connectivity index (χ1n) is 13.5. The molecule has 1 saturated carbocycles. The molecule has 36 heavy (non-hydrogen) atoms. The highest BCUT2D eigenvalue weighted by molar-refractivity contribution is 6.08. The van der Waals surface area contributed by atoms with Gasteiger partial charge in [0.25, 0.3) is 5.91 Å². The molecule has 5 nitrogen and oxygen atoms in total. The monoisotopic (exact) mass is 507 g/mol. The largest absolute Gasteiger partial charge is 0.489 e. The zero-order valence-corrected chi connectivity index (χ0v) is 22.3. The van der Waals surface area contributed by atoms with E-state index in [9.17, 15) is 4.79 Å². The first kappa shape index (κ1) is 25.2. The summed E-state index contributed by atoms with van der Waals surface area (Å²) in [6, 6.07) is 17.5. The Morgan fingerprint density at radius 3 is 2.39 bits per heavy atom. The van der Waals surface area contributed by atoms with Crippen molar-refractivity contribution in [1.29, 1.82) is 0 Å². The first-order valence-corrected chi connectivity index (χ1v) is 13.5. The third-order valence-electron chi connectivity index (χ3n) is 8.48. The number of hydrogen-bond donors (Lipinski definition) is 0. The third-order valence-corrected chi connectivity index (χ3v) is 8.48. The molecule has 2 aliphatic heterocycles. The second-order valence-corrected chi connectivity index (χ2v) is 11.0. The molecule has 192 valence electrons. The SMILES string of the molecule is C[C@@H]1CN(Cc2ccccc2)C[C@H](C)N1C(=O)c1cn2c3c(cccc13)OC[C@H]2C1CCCCC1.Cl. The molecular weight excluding hydrogens is 470 g/mol. The maximum Gasteiger partial charge on any atom is 0.256 e. The van der Waals surface area contributed by atoms with Crippen molar-refractivity contribution < 1.29 is 9.53 Å². The molecule has 3 aliphatic rings. The Bertz CT molecular complexity index is 1190. The second-order valence-electron chi connectivity index (χ2n) is 11.0. The van der Waals surface area contributed by atoms with Gasteiger partial charge in [-0.2, -0.15) is 0 Å². The van der Waals surface area contributed by atoms with Gasteiger partial charge in [0.1, 0.15) is 12.4 Å². The van der Waals surface area contributed by atoms with Crippen LogP contribution in [-0.2, 0) is 6.54 Å². The molecule has 0 unspecified atom stereocenters. The molecule has 0 radical (unpaired) electrons. The van der Waals surface area contributed by atoms with Crippen LogP contribution in [0.3, 0.4) is 0 Å². The maximum absolute atomic E-state index is 14.1. The average molecular weight is 508 g/mol. The lowest BCUT2D eigenvalue weighted by Crippen LogP contribution is -2.58. The van der Waals surface area contributed by atoms with Crippen LogP contribution >= 0.6 is 12.4 Å². The van der Waals surface area contributed by atoms with Gasteiger partial charge in [0.2, 0.25) is 0 Å². The van der Waals surface area contributed by atoms with E-state index in [0.717, 1.165) is 41.9 Å². The molecule has 2 aromatic carbocycles. The summed E-state index contributed by atoms with van der Waals surface area (Å²) >= 11 is 0. The number of benzene rings is 2. The normalized spacial score (nSPS) is 24.8. The van der Waals surface area contributed by atoms with Crippen molar-refractivity contribution in [3.63, 3.8) is 0 Å². The summed E-state index contributed by atoms with van der Waals surface area (Å²) in [6.45, 7) is 7.82. The molecular formula is C30H38ClN3O2. The van der Waals surface area contributed by atoms with E-state index in [1.807, 2.05) is 6.07 Å². The van der Waals surface area contributed by atoms with Crippen LogP contribution in [0, 0.1) is 5.92 Å². The lowest BCUT2D eigenvalue weighted by atomic mass is 9.83. The van der Waals surface area contributed by atoms with E-state index in [1.165, 1.54) is 37.7 Å². The highest BCUT2D eigenvalue weighted by atomic mass is 35.5. The van der Waals surface area contributed by atoms with Gasteiger partial charge < -0.3 is 14.2 Å². The van der Waals surface area contributed by atoms with Crippen molar-refractivity contribution in [1.82, 2.24) is 14.4 Å². The fraction of sp³-hybridized carbons (Fsp3) is 0.500. The number of hydrogen-bond acceptors (Lipinski definition) is 3. The topological polar surface area (TPSA) is 37.7 Å². The van der Waals surface area contributed by atoms with Crippen molar-refractivity contribution in [2.45, 2.75) is 70.6 Å². The van der Waals surface area contributed by atoms with Crippen molar-refractivity contribution >= 4 is 29.2 Å². The van der Waals surface area contributed by atoms with Gasteiger partial charge in [-0.3, -0.25) is 9.69 Å². The van der Waals surface area contributed by atoms with E-state index in [2.05, 4.69) is 76.9 Å². The number of para-hydroxylation sites is 1. The van der Waals surface area contributed by atoms with E-state index in [4.69, 9.17) is 4.74 Å². The van der Waals surface area contributed by atoms with Crippen LogP contribution in [0.4, 0.5) is 0 Å². The Labute approximate surface area is 220 Å². The van der Waals surface area contributed by atoms with Gasteiger partial charge >= 0.3 is 0 Å². The predicted molar refractivity (Wildman–Crippen MR) is 147 cm³/mol. The molecule has 3 heterocycles. The molecule has 0 bridgehead atoms. The summed E-state index contributed by atoms with van der Waals surface area (Å²) in [7, 11) is 0. The maximum atomic E-state index is 14.1. The molecule has 0 spiro atoms. The van der Waals surface area contributed by atoms with Crippen LogP contribution in [0.2, 0.25) is 0 Å². The quantitative estimate of drug-likeness (QED) is 0.415. The van der Waals surface area contributed by atoms with Crippen LogP contribution in [0.25, 0.3) is 10.9 Å². The fourth-order valence-corrected chi connectivity index (χ4v) is 6.91. The van der Waals surface area contributed by atoms with E-state index in [-0.39, 0.29) is 30.4 Å². The number of piperazine rings is 1. The summed E-state index contributed by atoms with van der Waals surface area (Å²) < 4.78 is 8.66. The minimum absolute atomic E-state index is 0. The lowest BCUT2D eigenvalue weighted by Gasteiger charge is -2.44. The molecule has 6 heteroatoms. The van der Waals surface area contributed by atoms with Crippen molar-refractivity contribution in [2.75, 3.05) is 19.7 Å². The van der Waals surface area contributed by atoms with E-state index in [0.29, 0.717) is 18.6 Å². The van der Waals surface area contributed by atoms with Crippen LogP contribution in [0.15, 0.2) is 54.7 Å². The van der Waals surface area contributed by atoms with Gasteiger partial charge in [-0.25, -0.2) is 0 Å². The van der Waals surface area contributed by atoms with Gasteiger partial charge in [0.15, 0.2) is 0 Å². The number of ether oxygens (including phenoxy) is 1. The Kier molecular flexibility index (Phi) is 7.32. The van der Waals surface area contributed by atoms with Gasteiger partial charge in [0, 0.05) is 43.3 Å². The fourth-order valence-electron chi connectivity index (χ4n) is 6.91. The lowest BCUT2D eigenvalue weighted by molar-refractivity contribution is 0.0269. The molecule has 1 aromatic heterocycles. The first-order chi connectivity index (χ1) is 17.1. The van der Waals surface area contributed by atoms with Crippen molar-refractivity contribution in [3.05, 3.63) is 65.9 Å². The number of halogens is 1. The average Bonchev–Trinajstić information content (AvgIpc) is 3.26. The third kappa shape index (κ3) is 4.52. The molecule has 3 aromatic rings. The Morgan fingerprint density at radius 2 is 1.67 bits per heavy atom. The smallest absolute Gasteiger partial charge is 0.256 e. The van der Waals surface area contributed by atoms with Gasteiger partial charge in [-0.1, -0.05) is 61.7 Å². The zero-order chi connectivity index (χ0) is 23.9. The van der Waals surface area contributed by atoms with Crippen molar-refractivity contribution in [3.8, 4) is 5.75 Å². The summed E-state index contributed by atoms with van der Waals surface area (Å²) in [6.07, 6.45) is 8.64. The molecule has 2 fully saturated rings. The Balaban J connectivity index is 0.00000267. The number of rotatable bonds is 4. The molecule has 0 N–H and O–H groups in total. The van der Waals surface area contributed by atoms with Gasteiger partial charge in [-0.05, 0) is 44.2 Å². The Morgan fingerprint density at radius 1 is 0.944 bits per heavy atom. The minimum atomic E-state index is 0. The summed E-state index contributed by atoms with van der Waals surface area (Å²) in [4.78, 5) is 18.7. The number of carbonyl (C=O) groups excluding carboxylic acids is 1. The standard InChI is InChI=1S/C30H37N3O2.ClH/c1-21-16-31(18-23-10-5-3-6-11-23)17-22(2)33(21)30(34)26-19-32-27(24-12-7-4-8-13-24)20-35-28-15-9-14-25(26)29(28)32;/h3,5-6,9-11,14-15,19,21-22,24,27H,4,7-8,12-13,16-18,20H2,1-2H3;1H/t21-,22+,27-;/m0./s1. The van der Waals surface area contributed by atoms with E-state index in [1.54, 1.807) is 0 Å². The van der Waals surface area contributed by atoms with Crippen LogP contribution < -0.4 is 4.74 Å².